The predicted octanol–water partition coefficient (Wildman–Crippen LogP) is 7.37. The summed E-state index contributed by atoms with van der Waals surface area (Å²) in [7, 11) is 0. The zero-order valence-corrected chi connectivity index (χ0v) is 40.4. The van der Waals surface area contributed by atoms with Crippen LogP contribution >= 0.6 is 58.5 Å². The van der Waals surface area contributed by atoms with E-state index in [0.717, 1.165) is 38.5 Å². The summed E-state index contributed by atoms with van der Waals surface area (Å²) in [5, 5.41) is 14.1. The quantitative estimate of drug-likeness (QED) is 0.0461. The Hall–Kier alpha value is -1.14. The van der Waals surface area contributed by atoms with Crippen molar-refractivity contribution in [1.29, 1.82) is 0 Å². The lowest BCUT2D eigenvalue weighted by atomic mass is 10.2. The number of alkyl halides is 2. The smallest absolute Gasteiger partial charge is 0.313 e. The fraction of sp³-hybridized carbons (Fsp3) is 0.868. The molecule has 13 nitrogen and oxygen atoms in total. The molecule has 0 bridgehead atoms. The van der Waals surface area contributed by atoms with Gasteiger partial charge in [0.1, 0.15) is 16.8 Å². The maximum Gasteiger partial charge on any atom is 0.313 e. The van der Waals surface area contributed by atoms with Crippen molar-refractivity contribution in [2.45, 2.75) is 130 Å². The van der Waals surface area contributed by atoms with Crippen molar-refractivity contribution >= 4 is 88.3 Å². The molecule has 1 saturated heterocycles. The molecule has 0 radical (unpaired) electrons. The normalized spacial score (nSPS) is 11.8. The molecule has 1 aliphatic heterocycles. The SMILES string of the molecule is C1CCOC1.CC(C)(C)OC(=O)CCCN.CSCC(=O)NCCCC(=O)OC(C)(C)C.CSCC(=O)O.CSCCNCCCC(=O)OC(C)(C)C.ClCCl. The second kappa shape index (κ2) is 43.4. The van der Waals surface area contributed by atoms with E-state index in [9.17, 15) is 24.0 Å². The predicted molar refractivity (Wildman–Crippen MR) is 240 cm³/mol. The zero-order chi connectivity index (χ0) is 44.5. The largest absolute Gasteiger partial charge is 0.481 e. The van der Waals surface area contributed by atoms with E-state index in [4.69, 9.17) is 53.0 Å². The van der Waals surface area contributed by atoms with Crippen LogP contribution < -0.4 is 16.4 Å². The van der Waals surface area contributed by atoms with E-state index in [2.05, 4.69) is 16.9 Å². The summed E-state index contributed by atoms with van der Waals surface area (Å²) in [5.74, 6) is 0.571. The molecule has 56 heavy (non-hydrogen) atoms. The number of hydrogen-bond acceptors (Lipinski definition) is 14. The van der Waals surface area contributed by atoms with Crippen LogP contribution in [0, 0.1) is 0 Å². The van der Waals surface area contributed by atoms with Crippen LogP contribution in [0.1, 0.15) is 114 Å². The monoisotopic (exact) mass is 901 g/mol. The molecular formula is C38H77Cl2N3O10S3. The van der Waals surface area contributed by atoms with E-state index in [1.54, 1.807) is 6.26 Å². The Morgan fingerprint density at radius 2 is 1.05 bits per heavy atom. The van der Waals surface area contributed by atoms with Crippen molar-refractivity contribution in [3.05, 3.63) is 0 Å². The van der Waals surface area contributed by atoms with Crippen LogP contribution in [-0.4, -0.2) is 132 Å². The highest BCUT2D eigenvalue weighted by atomic mass is 35.5. The van der Waals surface area contributed by atoms with Gasteiger partial charge in [-0.1, -0.05) is 0 Å². The van der Waals surface area contributed by atoms with Gasteiger partial charge in [-0.2, -0.15) is 35.3 Å². The number of carbonyl (C=O) groups is 5. The first-order chi connectivity index (χ1) is 25.9. The fourth-order valence-electron chi connectivity index (χ4n) is 3.36. The maximum atomic E-state index is 11.3. The number of ether oxygens (including phenoxy) is 4. The van der Waals surface area contributed by atoms with Gasteiger partial charge in [-0.15, -0.1) is 23.2 Å². The summed E-state index contributed by atoms with van der Waals surface area (Å²) in [4.78, 5) is 54.2. The van der Waals surface area contributed by atoms with Gasteiger partial charge >= 0.3 is 23.9 Å². The Balaban J connectivity index is -0.000000200. The van der Waals surface area contributed by atoms with Gasteiger partial charge in [0.05, 0.1) is 16.8 Å². The van der Waals surface area contributed by atoms with E-state index in [-0.39, 0.29) is 46.1 Å². The van der Waals surface area contributed by atoms with Crippen molar-refractivity contribution < 1.29 is 48.0 Å². The third-order valence-electron chi connectivity index (χ3n) is 5.31. The second-order valence-electron chi connectivity index (χ2n) is 14.6. The molecule has 0 saturated carbocycles. The molecule has 1 amide bonds. The average Bonchev–Trinajstić information content (AvgIpc) is 3.64. The van der Waals surface area contributed by atoms with Gasteiger partial charge in [-0.3, -0.25) is 24.0 Å². The average molecular weight is 903 g/mol. The van der Waals surface area contributed by atoms with E-state index < -0.39 is 11.6 Å². The molecule has 1 heterocycles. The first-order valence-corrected chi connectivity index (χ1v) is 23.9. The van der Waals surface area contributed by atoms with Crippen molar-refractivity contribution in [2.24, 2.45) is 5.73 Å². The second-order valence-corrected chi connectivity index (χ2v) is 18.2. The highest BCUT2D eigenvalue weighted by Crippen LogP contribution is 2.10. The van der Waals surface area contributed by atoms with Gasteiger partial charge in [0.2, 0.25) is 5.91 Å². The number of carbonyl (C=O) groups excluding carboxylic acids is 4. The standard InChI is InChI=1S/C11H21NO3S.C11H23NO2S.C8H17NO2.C4H8O.C3H6O2S.CH2Cl2/c1-11(2,3)15-10(14)6-5-7-12-9(13)8-16-4;1-11(2,3)14-10(13)6-5-7-12-8-9-15-4;1-8(2,3)11-7(10)5-4-6-9;1-2-4-5-3-1;1-6-2-3(4)5;2-1-3/h5-8H2,1-4H3,(H,12,13);12H,5-9H2,1-4H3;4-6,9H2,1-3H3;1-4H2;2H2,1H3,(H,4,5);1H2. The number of hydrogen-bond donors (Lipinski definition) is 4. The number of carboxylic acids is 1. The first kappa shape index (κ1) is 64.0. The van der Waals surface area contributed by atoms with E-state index in [1.165, 1.54) is 36.4 Å². The maximum absolute atomic E-state index is 11.3. The molecule has 0 aromatic heterocycles. The number of nitrogens with two attached hydrogens (primary N) is 1. The number of rotatable bonds is 18. The summed E-state index contributed by atoms with van der Waals surface area (Å²) in [6, 6.07) is 0. The van der Waals surface area contributed by atoms with Crippen LogP contribution in [0.15, 0.2) is 0 Å². The fourth-order valence-corrected chi connectivity index (χ4v) is 4.32. The van der Waals surface area contributed by atoms with Crippen molar-refractivity contribution in [3.63, 3.8) is 0 Å². The Morgan fingerprint density at radius 3 is 1.34 bits per heavy atom. The number of amides is 1. The number of carboxylic acid groups (broad SMARTS) is 1. The number of thioether (sulfide) groups is 3. The molecule has 0 spiro atoms. The van der Waals surface area contributed by atoms with Gasteiger partial charge in [0, 0.05) is 51.3 Å². The summed E-state index contributed by atoms with van der Waals surface area (Å²) in [6.07, 6.45) is 11.7. The van der Waals surface area contributed by atoms with Crippen LogP contribution in [-0.2, 0) is 42.9 Å². The van der Waals surface area contributed by atoms with E-state index in [0.29, 0.717) is 50.9 Å². The lowest BCUT2D eigenvalue weighted by Crippen LogP contribution is -2.28. The number of esters is 3. The molecule has 0 unspecified atom stereocenters. The van der Waals surface area contributed by atoms with Crippen LogP contribution in [0.3, 0.4) is 0 Å². The van der Waals surface area contributed by atoms with Gasteiger partial charge in [-0.05, 0) is 126 Å². The van der Waals surface area contributed by atoms with Crippen molar-refractivity contribution in [3.8, 4) is 0 Å². The summed E-state index contributed by atoms with van der Waals surface area (Å²) in [6.45, 7) is 21.7. The highest BCUT2D eigenvalue weighted by molar-refractivity contribution is 7.99. The Labute approximate surface area is 362 Å². The highest BCUT2D eigenvalue weighted by Gasteiger charge is 2.17. The summed E-state index contributed by atoms with van der Waals surface area (Å²) < 4.78 is 20.3. The summed E-state index contributed by atoms with van der Waals surface area (Å²) in [5.41, 5.74) is 4.07. The minimum atomic E-state index is -0.748. The molecule has 0 aromatic carbocycles. The lowest BCUT2D eigenvalue weighted by molar-refractivity contribution is -0.156. The molecule has 0 atom stereocenters. The van der Waals surface area contributed by atoms with Gasteiger partial charge in [0.25, 0.3) is 0 Å². The van der Waals surface area contributed by atoms with E-state index in [1.807, 2.05) is 80.3 Å². The third kappa shape index (κ3) is 73.9. The van der Waals surface area contributed by atoms with Gasteiger partial charge in [0.15, 0.2) is 0 Å². The number of nitrogens with one attached hydrogen (secondary N) is 2. The zero-order valence-electron chi connectivity index (χ0n) is 36.4. The molecule has 5 N–H and O–H groups in total. The minimum absolute atomic E-state index is 0.0108. The van der Waals surface area contributed by atoms with Crippen LogP contribution in [0.25, 0.3) is 0 Å². The minimum Gasteiger partial charge on any atom is -0.481 e. The van der Waals surface area contributed by atoms with Crippen LogP contribution in [0.4, 0.5) is 0 Å². The first-order valence-electron chi connectivity index (χ1n) is 18.7. The Morgan fingerprint density at radius 1 is 0.661 bits per heavy atom. The summed E-state index contributed by atoms with van der Waals surface area (Å²) >= 11 is 14.1. The molecular weight excluding hydrogens is 826 g/mol. The molecule has 18 heteroatoms. The molecule has 336 valence electrons. The Bertz CT molecular complexity index is 955. The van der Waals surface area contributed by atoms with Gasteiger partial charge in [-0.25, -0.2) is 0 Å². The topological polar surface area (TPSA) is 193 Å². The Kier molecular flexibility index (Phi) is 49.7. The molecule has 1 aliphatic rings. The molecule has 1 fully saturated rings. The van der Waals surface area contributed by atoms with E-state index >= 15 is 0 Å². The van der Waals surface area contributed by atoms with Crippen LogP contribution in [0.2, 0.25) is 0 Å². The van der Waals surface area contributed by atoms with Crippen LogP contribution in [0.5, 0.6) is 0 Å². The molecule has 0 aromatic rings. The van der Waals surface area contributed by atoms with Crippen molar-refractivity contribution in [2.75, 3.05) is 80.8 Å². The number of halogens is 2. The molecule has 0 aliphatic carbocycles. The molecule has 1 rings (SSSR count). The van der Waals surface area contributed by atoms with Gasteiger partial charge < -0.3 is 40.4 Å². The third-order valence-corrected chi connectivity index (χ3v) is 7.01. The number of aliphatic carboxylic acids is 1. The van der Waals surface area contributed by atoms with Crippen molar-refractivity contribution in [1.82, 2.24) is 10.6 Å². The lowest BCUT2D eigenvalue weighted by Gasteiger charge is -2.19.